The van der Waals surface area contributed by atoms with E-state index in [1.165, 1.54) is 4.74 Å². The maximum absolute atomic E-state index is 12.5. The Morgan fingerprint density at radius 1 is 0.550 bits per heavy atom. The summed E-state index contributed by atoms with van der Waals surface area (Å²) in [6.07, 6.45) is -34.5. The van der Waals surface area contributed by atoms with Crippen LogP contribution in [0.1, 0.15) is 0 Å². The molecule has 14 heteroatoms. The fourth-order valence-corrected chi connectivity index (χ4v) is 0.854. The quantitative estimate of drug-likeness (QED) is 0.690. The molecule has 0 amide bonds. The van der Waals surface area contributed by atoms with Crippen LogP contribution in [0.3, 0.4) is 0 Å². The zero-order chi connectivity index (χ0) is 16.8. The average molecular weight is 336 g/mol. The summed E-state index contributed by atoms with van der Waals surface area (Å²) in [5.41, 5.74) is 0. The third-order valence-electron chi connectivity index (χ3n) is 1.58. The van der Waals surface area contributed by atoms with Crippen LogP contribution in [0, 0.1) is 5.92 Å². The topological polar surface area (TPSA) is 9.23 Å². The van der Waals surface area contributed by atoms with Crippen LogP contribution < -0.4 is 0 Å². The van der Waals surface area contributed by atoms with Gasteiger partial charge in [-0.2, -0.15) is 57.1 Å². The number of hydrogen-bond donors (Lipinski definition) is 0. The van der Waals surface area contributed by atoms with Crippen LogP contribution in [0.25, 0.3) is 0 Å². The number of alkyl halides is 13. The smallest absolute Gasteiger partial charge is 0.247 e. The first-order chi connectivity index (χ1) is 8.32. The molecular weight excluding hydrogens is 335 g/mol. The molecule has 0 aliphatic heterocycles. The molecule has 0 saturated heterocycles. The van der Waals surface area contributed by atoms with Gasteiger partial charge in [0.1, 0.15) is 0 Å². The zero-order valence-corrected chi connectivity index (χ0v) is 8.40. The molecule has 0 aromatic rings. The summed E-state index contributed by atoms with van der Waals surface area (Å²) in [6.45, 7) is 0. The van der Waals surface area contributed by atoms with E-state index in [1.807, 2.05) is 0 Å². The van der Waals surface area contributed by atoms with Crippen LogP contribution in [-0.4, -0.2) is 30.7 Å². The largest absolute Gasteiger partial charge is 0.483 e. The van der Waals surface area contributed by atoms with Gasteiger partial charge in [0, 0.05) is 0 Å². The summed E-state index contributed by atoms with van der Waals surface area (Å²) in [5.74, 6) is -5.85. The van der Waals surface area contributed by atoms with Crippen LogP contribution in [-0.2, 0) is 4.74 Å². The van der Waals surface area contributed by atoms with Gasteiger partial charge in [-0.25, -0.2) is 4.74 Å². The first-order valence-corrected chi connectivity index (χ1v) is 3.98. The molecule has 0 aliphatic rings. The molecule has 0 fully saturated rings. The van der Waals surface area contributed by atoms with Crippen molar-refractivity contribution in [1.82, 2.24) is 0 Å². The Hall–Kier alpha value is -0.950. The van der Waals surface area contributed by atoms with Crippen molar-refractivity contribution in [3.05, 3.63) is 0 Å². The van der Waals surface area contributed by atoms with E-state index >= 15 is 0 Å². The number of rotatable bonds is 3. The van der Waals surface area contributed by atoms with Gasteiger partial charge in [-0.3, -0.25) is 0 Å². The lowest BCUT2D eigenvalue weighted by Crippen LogP contribution is -2.55. The standard InChI is InChI=1S/C6HF13O/c7-2(8,9)1(3(10,11)12)4(13,14)20-6(18,19)5(15,16)17/h1H. The average Bonchev–Trinajstić information content (AvgIpc) is 1.88. The maximum Gasteiger partial charge on any atom is 0.483 e. The Balaban J connectivity index is 5.60. The number of ether oxygens (including phenoxy) is 1. The van der Waals surface area contributed by atoms with Gasteiger partial charge in [-0.05, 0) is 0 Å². The van der Waals surface area contributed by atoms with Gasteiger partial charge in [-0.1, -0.05) is 0 Å². The predicted molar refractivity (Wildman–Crippen MR) is 32.6 cm³/mol. The zero-order valence-electron chi connectivity index (χ0n) is 8.40. The molecule has 0 rings (SSSR count). The monoisotopic (exact) mass is 336 g/mol. The van der Waals surface area contributed by atoms with Gasteiger partial charge in [0.2, 0.25) is 5.92 Å². The van der Waals surface area contributed by atoms with E-state index in [0.29, 0.717) is 0 Å². The Morgan fingerprint density at radius 2 is 0.850 bits per heavy atom. The van der Waals surface area contributed by atoms with Crippen molar-refractivity contribution in [2.45, 2.75) is 30.7 Å². The molecule has 0 radical (unpaired) electrons. The minimum absolute atomic E-state index is 1.47. The summed E-state index contributed by atoms with van der Waals surface area (Å²) < 4.78 is 155. The third-order valence-corrected chi connectivity index (χ3v) is 1.58. The van der Waals surface area contributed by atoms with Crippen LogP contribution in [0.2, 0.25) is 0 Å². The van der Waals surface area contributed by atoms with Gasteiger partial charge in [0.05, 0.1) is 0 Å². The van der Waals surface area contributed by atoms with Crippen LogP contribution in [0.4, 0.5) is 57.1 Å². The van der Waals surface area contributed by atoms with Gasteiger partial charge >= 0.3 is 30.7 Å². The number of hydrogen-bond acceptors (Lipinski definition) is 1. The van der Waals surface area contributed by atoms with Crippen molar-refractivity contribution in [2.24, 2.45) is 5.92 Å². The Morgan fingerprint density at radius 3 is 1.05 bits per heavy atom. The summed E-state index contributed by atoms with van der Waals surface area (Å²) in [7, 11) is 0. The maximum atomic E-state index is 12.5. The van der Waals surface area contributed by atoms with Crippen molar-refractivity contribution in [3.63, 3.8) is 0 Å². The van der Waals surface area contributed by atoms with Crippen LogP contribution >= 0.6 is 0 Å². The van der Waals surface area contributed by atoms with Crippen LogP contribution in [0.15, 0.2) is 0 Å². The highest BCUT2D eigenvalue weighted by Gasteiger charge is 2.74. The molecule has 0 saturated carbocycles. The van der Waals surface area contributed by atoms with Crippen molar-refractivity contribution < 1.29 is 61.8 Å². The van der Waals surface area contributed by atoms with E-state index in [9.17, 15) is 57.1 Å². The molecule has 0 aromatic carbocycles. The predicted octanol–water partition coefficient (Wildman–Crippen LogP) is 4.49. The molecular formula is C6HF13O. The molecule has 0 bridgehead atoms. The van der Waals surface area contributed by atoms with E-state index in [2.05, 4.69) is 0 Å². The highest BCUT2D eigenvalue weighted by Crippen LogP contribution is 2.51. The van der Waals surface area contributed by atoms with Crippen molar-refractivity contribution >= 4 is 0 Å². The van der Waals surface area contributed by atoms with Gasteiger partial charge in [0.15, 0.2) is 0 Å². The molecule has 1 nitrogen and oxygen atoms in total. The molecule has 20 heavy (non-hydrogen) atoms. The summed E-state index contributed by atoms with van der Waals surface area (Å²) in [5, 5.41) is 0. The Kier molecular flexibility index (Phi) is 4.58. The molecule has 0 spiro atoms. The Labute approximate surface area is 99.8 Å². The third kappa shape index (κ3) is 4.28. The van der Waals surface area contributed by atoms with Gasteiger partial charge < -0.3 is 0 Å². The van der Waals surface area contributed by atoms with Crippen molar-refractivity contribution in [2.75, 3.05) is 0 Å². The molecule has 0 unspecified atom stereocenters. The van der Waals surface area contributed by atoms with E-state index in [-0.39, 0.29) is 0 Å². The highest BCUT2D eigenvalue weighted by molar-refractivity contribution is 4.84. The summed E-state index contributed by atoms with van der Waals surface area (Å²) >= 11 is 0. The molecule has 122 valence electrons. The second-order valence-electron chi connectivity index (χ2n) is 3.19. The molecule has 0 atom stereocenters. The summed E-state index contributed by atoms with van der Waals surface area (Å²) in [6, 6.07) is 0. The molecule has 0 heterocycles. The normalized spacial score (nSPS) is 15.9. The van der Waals surface area contributed by atoms with E-state index in [4.69, 9.17) is 0 Å². The van der Waals surface area contributed by atoms with Crippen LogP contribution in [0.5, 0.6) is 0 Å². The lowest BCUT2D eigenvalue weighted by molar-refractivity contribution is -0.493. The molecule has 0 N–H and O–H groups in total. The second kappa shape index (κ2) is 4.80. The molecule has 0 aliphatic carbocycles. The molecule has 0 aromatic heterocycles. The Bertz CT molecular complexity index is 318. The SMILES string of the molecule is FC(F)(F)C(C(F)(F)F)C(F)(F)OC(F)(F)C(F)(F)F. The minimum atomic E-state index is -6.93. The minimum Gasteiger partial charge on any atom is -0.247 e. The number of halogens is 13. The fourth-order valence-electron chi connectivity index (χ4n) is 0.854. The highest BCUT2D eigenvalue weighted by atomic mass is 19.4. The fraction of sp³-hybridized carbons (Fsp3) is 1.00. The second-order valence-corrected chi connectivity index (χ2v) is 3.19. The van der Waals surface area contributed by atoms with Crippen molar-refractivity contribution in [1.29, 1.82) is 0 Å². The van der Waals surface area contributed by atoms with Gasteiger partial charge in [-0.15, -0.1) is 0 Å². The lowest BCUT2D eigenvalue weighted by Gasteiger charge is -2.32. The van der Waals surface area contributed by atoms with E-state index in [1.54, 1.807) is 0 Å². The summed E-state index contributed by atoms with van der Waals surface area (Å²) in [4.78, 5) is 0. The lowest BCUT2D eigenvalue weighted by atomic mass is 10.1. The van der Waals surface area contributed by atoms with Gasteiger partial charge in [0.25, 0.3) is 0 Å². The van der Waals surface area contributed by atoms with Crippen molar-refractivity contribution in [3.8, 4) is 0 Å². The first-order valence-electron chi connectivity index (χ1n) is 3.98. The van der Waals surface area contributed by atoms with E-state index in [0.717, 1.165) is 0 Å². The van der Waals surface area contributed by atoms with E-state index < -0.39 is 36.7 Å². The first kappa shape index (κ1) is 19.1.